The van der Waals surface area contributed by atoms with Gasteiger partial charge in [0.25, 0.3) is 0 Å². The Kier molecular flexibility index (Phi) is 4.82. The second kappa shape index (κ2) is 6.81. The third-order valence-electron chi connectivity index (χ3n) is 3.14. The quantitative estimate of drug-likeness (QED) is 0.711. The number of benzene rings is 1. The van der Waals surface area contributed by atoms with Crippen LogP contribution in [0.5, 0.6) is 0 Å². The van der Waals surface area contributed by atoms with Crippen LogP contribution in [0.2, 0.25) is 0 Å². The van der Waals surface area contributed by atoms with Crippen molar-refractivity contribution in [2.45, 2.75) is 31.7 Å². The average molecular weight is 258 g/mol. The van der Waals surface area contributed by atoms with Gasteiger partial charge in [-0.2, -0.15) is 0 Å². The second-order valence-corrected chi connectivity index (χ2v) is 4.62. The molecular formula is C15H18N2O2. The summed E-state index contributed by atoms with van der Waals surface area (Å²) < 4.78 is 0. The molecule has 3 N–H and O–H groups in total. The second-order valence-electron chi connectivity index (χ2n) is 4.62. The van der Waals surface area contributed by atoms with Gasteiger partial charge in [0.1, 0.15) is 6.61 Å². The molecule has 0 aromatic heterocycles. The van der Waals surface area contributed by atoms with E-state index in [-0.39, 0.29) is 12.6 Å². The first-order valence-electron chi connectivity index (χ1n) is 6.55. The van der Waals surface area contributed by atoms with Crippen molar-refractivity contribution in [3.05, 3.63) is 29.8 Å². The summed E-state index contributed by atoms with van der Waals surface area (Å²) in [5, 5.41) is 14.4. The van der Waals surface area contributed by atoms with Gasteiger partial charge in [0.05, 0.1) is 0 Å². The summed E-state index contributed by atoms with van der Waals surface area (Å²) in [6.45, 7) is -0.149. The van der Waals surface area contributed by atoms with Crippen molar-refractivity contribution in [1.82, 2.24) is 5.32 Å². The van der Waals surface area contributed by atoms with Crippen LogP contribution in [0, 0.1) is 11.8 Å². The third-order valence-corrected chi connectivity index (χ3v) is 3.14. The number of carbonyl (C=O) groups excluding carboxylic acids is 1. The van der Waals surface area contributed by atoms with Crippen LogP contribution < -0.4 is 10.6 Å². The van der Waals surface area contributed by atoms with E-state index in [1.807, 2.05) is 12.1 Å². The van der Waals surface area contributed by atoms with E-state index in [1.165, 1.54) is 12.8 Å². The van der Waals surface area contributed by atoms with Gasteiger partial charge in [-0.1, -0.05) is 24.7 Å². The van der Waals surface area contributed by atoms with Gasteiger partial charge in [-0.15, -0.1) is 0 Å². The molecule has 0 bridgehead atoms. The molecule has 0 aliphatic heterocycles. The molecule has 0 radical (unpaired) electrons. The zero-order valence-electron chi connectivity index (χ0n) is 10.8. The van der Waals surface area contributed by atoms with E-state index in [4.69, 9.17) is 5.11 Å². The van der Waals surface area contributed by atoms with Gasteiger partial charge in [-0.3, -0.25) is 0 Å². The van der Waals surface area contributed by atoms with E-state index < -0.39 is 0 Å². The molecule has 1 aromatic rings. The Morgan fingerprint density at radius 1 is 1.26 bits per heavy atom. The number of urea groups is 1. The standard InChI is InChI=1S/C15H18N2O2/c18-11-3-4-12-7-9-14(10-8-12)17-15(19)16-13-5-1-2-6-13/h7-10,13,18H,1-2,5-6,11H2,(H2,16,17,19). The van der Waals surface area contributed by atoms with Crippen molar-refractivity contribution in [2.75, 3.05) is 11.9 Å². The van der Waals surface area contributed by atoms with E-state index in [0.29, 0.717) is 6.04 Å². The topological polar surface area (TPSA) is 61.4 Å². The zero-order chi connectivity index (χ0) is 13.5. The molecule has 4 nitrogen and oxygen atoms in total. The van der Waals surface area contributed by atoms with Gasteiger partial charge in [0.15, 0.2) is 0 Å². The van der Waals surface area contributed by atoms with Crippen LogP contribution in [-0.4, -0.2) is 23.8 Å². The highest BCUT2D eigenvalue weighted by atomic mass is 16.2. The predicted molar refractivity (Wildman–Crippen MR) is 74.8 cm³/mol. The SMILES string of the molecule is O=C(Nc1ccc(C#CCO)cc1)NC1CCCC1. The highest BCUT2D eigenvalue weighted by molar-refractivity contribution is 5.89. The van der Waals surface area contributed by atoms with Gasteiger partial charge >= 0.3 is 6.03 Å². The summed E-state index contributed by atoms with van der Waals surface area (Å²) in [6, 6.07) is 7.39. The molecule has 1 aliphatic carbocycles. The van der Waals surface area contributed by atoms with Crippen molar-refractivity contribution in [2.24, 2.45) is 0 Å². The number of carbonyl (C=O) groups is 1. The Morgan fingerprint density at radius 3 is 2.58 bits per heavy atom. The summed E-state index contributed by atoms with van der Waals surface area (Å²) in [5.74, 6) is 5.38. The van der Waals surface area contributed by atoms with Crippen LogP contribution in [0.15, 0.2) is 24.3 Å². The molecule has 19 heavy (non-hydrogen) atoms. The van der Waals surface area contributed by atoms with Crippen LogP contribution in [0.3, 0.4) is 0 Å². The average Bonchev–Trinajstić information content (AvgIpc) is 2.90. The number of hydrogen-bond acceptors (Lipinski definition) is 2. The molecule has 0 spiro atoms. The van der Waals surface area contributed by atoms with Crippen molar-refractivity contribution >= 4 is 11.7 Å². The summed E-state index contributed by atoms with van der Waals surface area (Å²) in [5.41, 5.74) is 1.56. The number of aliphatic hydroxyl groups excluding tert-OH is 1. The first-order valence-corrected chi connectivity index (χ1v) is 6.55. The molecule has 1 saturated carbocycles. The van der Waals surface area contributed by atoms with E-state index in [1.54, 1.807) is 12.1 Å². The molecule has 1 aromatic carbocycles. The minimum atomic E-state index is -0.152. The summed E-state index contributed by atoms with van der Waals surface area (Å²) in [4.78, 5) is 11.7. The highest BCUT2D eigenvalue weighted by Gasteiger charge is 2.16. The van der Waals surface area contributed by atoms with Crippen molar-refractivity contribution in [1.29, 1.82) is 0 Å². The third kappa shape index (κ3) is 4.31. The van der Waals surface area contributed by atoms with Gasteiger partial charge in [0.2, 0.25) is 0 Å². The van der Waals surface area contributed by atoms with E-state index >= 15 is 0 Å². The highest BCUT2D eigenvalue weighted by Crippen LogP contribution is 2.17. The van der Waals surface area contributed by atoms with Crippen LogP contribution in [0.25, 0.3) is 0 Å². The fourth-order valence-electron chi connectivity index (χ4n) is 2.20. The van der Waals surface area contributed by atoms with Crippen LogP contribution >= 0.6 is 0 Å². The Labute approximate surface area is 113 Å². The van der Waals surface area contributed by atoms with Crippen molar-refractivity contribution < 1.29 is 9.90 Å². The zero-order valence-corrected chi connectivity index (χ0v) is 10.8. The van der Waals surface area contributed by atoms with Gasteiger partial charge in [-0.05, 0) is 37.1 Å². The predicted octanol–water partition coefficient (Wildman–Crippen LogP) is 2.09. The smallest absolute Gasteiger partial charge is 0.319 e. The van der Waals surface area contributed by atoms with Gasteiger partial charge in [-0.25, -0.2) is 4.79 Å². The first-order chi connectivity index (χ1) is 9.28. The Balaban J connectivity index is 1.86. The fraction of sp³-hybridized carbons (Fsp3) is 0.400. The van der Waals surface area contributed by atoms with Crippen LogP contribution in [0.1, 0.15) is 31.2 Å². The molecule has 0 atom stereocenters. The maximum atomic E-state index is 11.7. The maximum absolute atomic E-state index is 11.7. The lowest BCUT2D eigenvalue weighted by Gasteiger charge is -2.12. The minimum absolute atomic E-state index is 0.149. The van der Waals surface area contributed by atoms with E-state index in [2.05, 4.69) is 22.5 Å². The number of nitrogens with one attached hydrogen (secondary N) is 2. The van der Waals surface area contributed by atoms with Crippen LogP contribution in [0.4, 0.5) is 10.5 Å². The fourth-order valence-corrected chi connectivity index (χ4v) is 2.20. The molecule has 100 valence electrons. The maximum Gasteiger partial charge on any atom is 0.319 e. The molecule has 2 amide bonds. The molecule has 1 fully saturated rings. The molecule has 4 heteroatoms. The number of amides is 2. The molecule has 0 saturated heterocycles. The Morgan fingerprint density at radius 2 is 1.95 bits per heavy atom. The number of rotatable bonds is 2. The van der Waals surface area contributed by atoms with Crippen LogP contribution in [-0.2, 0) is 0 Å². The molecular weight excluding hydrogens is 240 g/mol. The lowest BCUT2D eigenvalue weighted by Crippen LogP contribution is -2.36. The Bertz CT molecular complexity index is 479. The van der Waals surface area contributed by atoms with E-state index in [9.17, 15) is 4.79 Å². The number of aliphatic hydroxyl groups is 1. The van der Waals surface area contributed by atoms with Gasteiger partial charge in [0, 0.05) is 17.3 Å². The van der Waals surface area contributed by atoms with Gasteiger partial charge < -0.3 is 15.7 Å². The van der Waals surface area contributed by atoms with E-state index in [0.717, 1.165) is 24.1 Å². The summed E-state index contributed by atoms with van der Waals surface area (Å²) in [6.07, 6.45) is 4.54. The molecule has 1 aliphatic rings. The largest absolute Gasteiger partial charge is 0.384 e. The molecule has 0 unspecified atom stereocenters. The lowest BCUT2D eigenvalue weighted by atomic mass is 10.2. The lowest BCUT2D eigenvalue weighted by molar-refractivity contribution is 0.248. The normalized spacial score (nSPS) is 14.6. The molecule has 2 rings (SSSR count). The first kappa shape index (κ1) is 13.4. The monoisotopic (exact) mass is 258 g/mol. The van der Waals surface area contributed by atoms with Crippen molar-refractivity contribution in [3.63, 3.8) is 0 Å². The summed E-state index contributed by atoms with van der Waals surface area (Å²) >= 11 is 0. The number of hydrogen-bond donors (Lipinski definition) is 3. The number of anilines is 1. The minimum Gasteiger partial charge on any atom is -0.384 e. The summed E-state index contributed by atoms with van der Waals surface area (Å²) in [7, 11) is 0. The Hall–Kier alpha value is -1.99. The molecule has 0 heterocycles. The van der Waals surface area contributed by atoms with Crippen molar-refractivity contribution in [3.8, 4) is 11.8 Å².